The van der Waals surface area contributed by atoms with Gasteiger partial charge in [-0.3, -0.25) is 4.90 Å². The van der Waals surface area contributed by atoms with Crippen molar-refractivity contribution in [2.24, 2.45) is 11.7 Å². The van der Waals surface area contributed by atoms with Crippen LogP contribution in [0.25, 0.3) is 0 Å². The zero-order chi connectivity index (χ0) is 13.5. The van der Waals surface area contributed by atoms with Gasteiger partial charge in [0, 0.05) is 31.2 Å². The molecular weight excluding hydrogens is 236 g/mol. The molecule has 0 aromatic rings. The minimum atomic E-state index is 0.285. The van der Waals surface area contributed by atoms with Crippen LogP contribution >= 0.6 is 0 Å². The first-order valence-electron chi connectivity index (χ1n) is 7.99. The zero-order valence-electron chi connectivity index (χ0n) is 12.6. The Morgan fingerprint density at radius 1 is 1.16 bits per heavy atom. The summed E-state index contributed by atoms with van der Waals surface area (Å²) < 4.78 is 0. The van der Waals surface area contributed by atoms with Crippen LogP contribution in [0.1, 0.15) is 25.7 Å². The van der Waals surface area contributed by atoms with E-state index in [1.807, 2.05) is 0 Å². The zero-order valence-corrected chi connectivity index (χ0v) is 12.6. The minimum Gasteiger partial charge on any atom is -0.329 e. The summed E-state index contributed by atoms with van der Waals surface area (Å²) in [5, 5.41) is 0. The van der Waals surface area contributed by atoms with Crippen molar-refractivity contribution in [1.82, 2.24) is 14.7 Å². The summed E-state index contributed by atoms with van der Waals surface area (Å²) >= 11 is 0. The van der Waals surface area contributed by atoms with Gasteiger partial charge in [0.05, 0.1) is 0 Å². The first-order chi connectivity index (χ1) is 9.15. The number of rotatable bonds is 4. The average molecular weight is 266 g/mol. The van der Waals surface area contributed by atoms with Crippen LogP contribution in [-0.2, 0) is 0 Å². The number of nitrogens with zero attached hydrogens (tertiary/aromatic N) is 3. The van der Waals surface area contributed by atoms with Gasteiger partial charge in [0.1, 0.15) is 0 Å². The Kier molecular flexibility index (Phi) is 3.87. The van der Waals surface area contributed by atoms with Crippen molar-refractivity contribution in [2.45, 2.75) is 37.3 Å². The third-order valence-electron chi connectivity index (χ3n) is 5.72. The van der Waals surface area contributed by atoms with E-state index < -0.39 is 0 Å². The molecular formula is C15H30N4. The maximum Gasteiger partial charge on any atom is 0.0490 e. The first-order valence-corrected chi connectivity index (χ1v) is 7.99. The molecule has 4 aliphatic rings. The van der Waals surface area contributed by atoms with E-state index in [1.165, 1.54) is 58.4 Å². The molecule has 4 aliphatic heterocycles. The Morgan fingerprint density at radius 3 is 2.42 bits per heavy atom. The molecule has 19 heavy (non-hydrogen) atoms. The van der Waals surface area contributed by atoms with E-state index in [0.29, 0.717) is 0 Å². The van der Waals surface area contributed by atoms with Gasteiger partial charge in [-0.25, -0.2) is 0 Å². The molecule has 0 aliphatic carbocycles. The normalized spacial score (nSPS) is 43.3. The molecule has 2 unspecified atom stereocenters. The fourth-order valence-corrected chi connectivity index (χ4v) is 4.85. The molecule has 4 fully saturated rings. The van der Waals surface area contributed by atoms with Crippen LogP contribution in [0, 0.1) is 5.92 Å². The lowest BCUT2D eigenvalue weighted by atomic mass is 9.71. The highest BCUT2D eigenvalue weighted by Gasteiger charge is 2.52. The van der Waals surface area contributed by atoms with Crippen LogP contribution < -0.4 is 5.73 Å². The van der Waals surface area contributed by atoms with Crippen molar-refractivity contribution in [3.63, 3.8) is 0 Å². The van der Waals surface area contributed by atoms with Gasteiger partial charge >= 0.3 is 0 Å². The molecule has 0 saturated carbocycles. The maximum absolute atomic E-state index is 6.32. The summed E-state index contributed by atoms with van der Waals surface area (Å²) in [5.74, 6) is 0.838. The van der Waals surface area contributed by atoms with Gasteiger partial charge in [-0.1, -0.05) is 0 Å². The molecule has 110 valence electrons. The SMILES string of the molecule is CN(C)CC1CCCN1C1(CN)CN2CCC1CC2. The van der Waals surface area contributed by atoms with Gasteiger partial charge in [-0.2, -0.15) is 0 Å². The largest absolute Gasteiger partial charge is 0.329 e. The number of hydrogen-bond donors (Lipinski definition) is 1. The monoisotopic (exact) mass is 266 g/mol. The van der Waals surface area contributed by atoms with Crippen molar-refractivity contribution < 1.29 is 0 Å². The van der Waals surface area contributed by atoms with E-state index >= 15 is 0 Å². The molecule has 0 spiro atoms. The van der Waals surface area contributed by atoms with E-state index in [2.05, 4.69) is 28.8 Å². The lowest BCUT2D eigenvalue weighted by molar-refractivity contribution is -0.0752. The lowest BCUT2D eigenvalue weighted by Crippen LogP contribution is -2.71. The summed E-state index contributed by atoms with van der Waals surface area (Å²) in [6.45, 7) is 7.13. The van der Waals surface area contributed by atoms with Gasteiger partial charge in [0.2, 0.25) is 0 Å². The molecule has 0 radical (unpaired) electrons. The van der Waals surface area contributed by atoms with Crippen LogP contribution in [0.3, 0.4) is 0 Å². The smallest absolute Gasteiger partial charge is 0.0490 e. The molecule has 4 heterocycles. The van der Waals surface area contributed by atoms with Crippen LogP contribution in [0.5, 0.6) is 0 Å². The summed E-state index contributed by atoms with van der Waals surface area (Å²) in [6, 6.07) is 0.721. The van der Waals surface area contributed by atoms with Gasteiger partial charge in [0.15, 0.2) is 0 Å². The Hall–Kier alpha value is -0.160. The van der Waals surface area contributed by atoms with Gasteiger partial charge in [-0.05, 0) is 65.3 Å². The molecule has 2 bridgehead atoms. The predicted molar refractivity (Wildman–Crippen MR) is 79.2 cm³/mol. The molecule has 4 nitrogen and oxygen atoms in total. The maximum atomic E-state index is 6.32. The first kappa shape index (κ1) is 13.8. The highest BCUT2D eigenvalue weighted by atomic mass is 15.3. The van der Waals surface area contributed by atoms with Crippen molar-refractivity contribution in [1.29, 1.82) is 0 Å². The molecule has 4 heteroatoms. The molecule has 4 rings (SSSR count). The number of likely N-dealkylation sites (N-methyl/N-ethyl adjacent to an activating group) is 1. The molecule has 2 N–H and O–H groups in total. The van der Waals surface area contributed by atoms with Crippen LogP contribution in [0.15, 0.2) is 0 Å². The molecule has 0 aromatic carbocycles. The Labute approximate surface area is 117 Å². The highest BCUT2D eigenvalue weighted by molar-refractivity contribution is 5.09. The van der Waals surface area contributed by atoms with Crippen molar-refractivity contribution in [2.75, 3.05) is 53.4 Å². The molecule has 0 amide bonds. The second-order valence-corrected chi connectivity index (χ2v) is 7.11. The Morgan fingerprint density at radius 2 is 1.89 bits per heavy atom. The quantitative estimate of drug-likeness (QED) is 0.801. The van der Waals surface area contributed by atoms with Crippen LogP contribution in [0.2, 0.25) is 0 Å². The molecule has 4 saturated heterocycles. The minimum absolute atomic E-state index is 0.285. The molecule has 0 aromatic heterocycles. The number of fused-ring (bicyclic) bond motifs is 3. The average Bonchev–Trinajstić information content (AvgIpc) is 2.87. The van der Waals surface area contributed by atoms with Crippen molar-refractivity contribution in [3.05, 3.63) is 0 Å². The van der Waals surface area contributed by atoms with E-state index in [9.17, 15) is 0 Å². The lowest BCUT2D eigenvalue weighted by Gasteiger charge is -2.58. The van der Waals surface area contributed by atoms with E-state index in [-0.39, 0.29) is 5.54 Å². The summed E-state index contributed by atoms with van der Waals surface area (Å²) in [7, 11) is 4.39. The predicted octanol–water partition coefficient (Wildman–Crippen LogP) is 0.436. The third kappa shape index (κ3) is 2.33. The fourth-order valence-electron chi connectivity index (χ4n) is 4.85. The number of likely N-dealkylation sites (tertiary alicyclic amines) is 1. The fraction of sp³-hybridized carbons (Fsp3) is 1.00. The summed E-state index contributed by atoms with van der Waals surface area (Å²) in [5.41, 5.74) is 6.60. The van der Waals surface area contributed by atoms with Crippen molar-refractivity contribution >= 4 is 0 Å². The second kappa shape index (κ2) is 5.32. The van der Waals surface area contributed by atoms with Crippen molar-refractivity contribution in [3.8, 4) is 0 Å². The number of nitrogens with two attached hydrogens (primary N) is 1. The van der Waals surface area contributed by atoms with Gasteiger partial charge < -0.3 is 15.5 Å². The van der Waals surface area contributed by atoms with E-state index in [0.717, 1.165) is 18.5 Å². The number of hydrogen-bond acceptors (Lipinski definition) is 4. The topological polar surface area (TPSA) is 35.7 Å². The molecule has 2 atom stereocenters. The second-order valence-electron chi connectivity index (χ2n) is 7.11. The summed E-state index contributed by atoms with van der Waals surface area (Å²) in [6.07, 6.45) is 5.43. The van der Waals surface area contributed by atoms with Gasteiger partial charge in [-0.15, -0.1) is 0 Å². The third-order valence-corrected chi connectivity index (χ3v) is 5.72. The highest BCUT2D eigenvalue weighted by Crippen LogP contribution is 2.42. The summed E-state index contributed by atoms with van der Waals surface area (Å²) in [4.78, 5) is 7.80. The van der Waals surface area contributed by atoms with Crippen LogP contribution in [-0.4, -0.2) is 79.6 Å². The van der Waals surface area contributed by atoms with Gasteiger partial charge in [0.25, 0.3) is 0 Å². The Bertz CT molecular complexity index is 311. The van der Waals surface area contributed by atoms with E-state index in [4.69, 9.17) is 5.73 Å². The van der Waals surface area contributed by atoms with E-state index in [1.54, 1.807) is 0 Å². The Balaban J connectivity index is 1.81. The number of piperidine rings is 3. The standard InChI is InChI=1S/C15H30N4/c1-17(2)10-14-4-3-7-19(14)15(11-16)12-18-8-5-13(15)6-9-18/h13-14H,3-12,16H2,1-2H3. The van der Waals surface area contributed by atoms with Crippen LogP contribution in [0.4, 0.5) is 0 Å².